The molecule has 0 spiro atoms. The lowest BCUT2D eigenvalue weighted by molar-refractivity contribution is -0.117. The van der Waals surface area contributed by atoms with Gasteiger partial charge in [-0.15, -0.1) is 10.2 Å². The molecule has 3 rings (SSSR count). The first-order valence-corrected chi connectivity index (χ1v) is 9.81. The second-order valence-corrected chi connectivity index (χ2v) is 7.64. The van der Waals surface area contributed by atoms with Gasteiger partial charge in [-0.05, 0) is 44.5 Å². The van der Waals surface area contributed by atoms with Crippen molar-refractivity contribution >= 4 is 29.1 Å². The van der Waals surface area contributed by atoms with Crippen molar-refractivity contribution in [2.24, 2.45) is 0 Å². The number of hydrogen-bond donors (Lipinski definition) is 0. The topological polar surface area (TPSA) is 47.8 Å². The Morgan fingerprint density at radius 2 is 1.77 bits per heavy atom. The van der Waals surface area contributed by atoms with Crippen LogP contribution < -0.4 is 0 Å². The Morgan fingerprint density at radius 1 is 1.08 bits per heavy atom. The normalized spacial score (nSPS) is 10.9. The quantitative estimate of drug-likeness (QED) is 0.406. The van der Waals surface area contributed by atoms with Gasteiger partial charge in [0, 0.05) is 28.4 Å². The summed E-state index contributed by atoms with van der Waals surface area (Å²) in [6.45, 7) is 3.68. The van der Waals surface area contributed by atoms with Crippen LogP contribution in [0.5, 0.6) is 0 Å². The molecular formula is C20H20ClN3OS. The van der Waals surface area contributed by atoms with Crippen LogP contribution in [0.4, 0.5) is 0 Å². The van der Waals surface area contributed by atoms with Crippen molar-refractivity contribution in [3.63, 3.8) is 0 Å². The van der Waals surface area contributed by atoms with E-state index in [1.807, 2.05) is 28.8 Å². The number of Topliss-reactive ketones (excluding diaryl/α,β-unsaturated/α-hetero) is 1. The summed E-state index contributed by atoms with van der Waals surface area (Å²) in [5, 5.41) is 10.3. The van der Waals surface area contributed by atoms with E-state index in [9.17, 15) is 4.79 Å². The molecule has 134 valence electrons. The van der Waals surface area contributed by atoms with Crippen molar-refractivity contribution in [1.82, 2.24) is 14.8 Å². The molecule has 4 nitrogen and oxygen atoms in total. The zero-order valence-electron chi connectivity index (χ0n) is 14.8. The van der Waals surface area contributed by atoms with Crippen molar-refractivity contribution in [3.8, 4) is 17.1 Å². The van der Waals surface area contributed by atoms with Crippen LogP contribution in [0.2, 0.25) is 5.02 Å². The fraction of sp³-hybridized carbons (Fsp3) is 0.250. The molecule has 0 amide bonds. The predicted octanol–water partition coefficient (Wildman–Crippen LogP) is 5.36. The minimum absolute atomic E-state index is 0.213. The van der Waals surface area contributed by atoms with Crippen molar-refractivity contribution in [2.75, 3.05) is 5.75 Å². The average Bonchev–Trinajstić information content (AvgIpc) is 3.04. The van der Waals surface area contributed by atoms with Gasteiger partial charge in [-0.25, -0.2) is 0 Å². The van der Waals surface area contributed by atoms with E-state index in [-0.39, 0.29) is 5.78 Å². The van der Waals surface area contributed by atoms with Crippen molar-refractivity contribution < 1.29 is 4.79 Å². The first-order valence-electron chi connectivity index (χ1n) is 8.45. The fourth-order valence-corrected chi connectivity index (χ4v) is 3.58. The van der Waals surface area contributed by atoms with Gasteiger partial charge in [-0.2, -0.15) is 0 Å². The Hall–Kier alpha value is -2.11. The van der Waals surface area contributed by atoms with Crippen molar-refractivity contribution in [1.29, 1.82) is 0 Å². The molecule has 0 bridgehead atoms. The number of hydrogen-bond acceptors (Lipinski definition) is 4. The molecule has 1 heterocycles. The number of ketones is 1. The molecule has 0 atom stereocenters. The highest BCUT2D eigenvalue weighted by Gasteiger charge is 2.16. The summed E-state index contributed by atoms with van der Waals surface area (Å²) in [7, 11) is 0. The minimum atomic E-state index is 0.213. The lowest BCUT2D eigenvalue weighted by atomic mass is 10.1. The fourth-order valence-electron chi connectivity index (χ4n) is 2.56. The van der Waals surface area contributed by atoms with Crippen molar-refractivity contribution in [3.05, 3.63) is 59.1 Å². The highest BCUT2D eigenvalue weighted by molar-refractivity contribution is 7.99. The van der Waals surface area contributed by atoms with Crippen LogP contribution in [-0.2, 0) is 4.79 Å². The van der Waals surface area contributed by atoms with Gasteiger partial charge in [0.15, 0.2) is 11.0 Å². The largest absolute Gasteiger partial charge is 0.300 e. The molecule has 0 radical (unpaired) electrons. The zero-order valence-corrected chi connectivity index (χ0v) is 16.3. The summed E-state index contributed by atoms with van der Waals surface area (Å²) in [5.74, 6) is 1.82. The van der Waals surface area contributed by atoms with Gasteiger partial charge in [0.1, 0.15) is 5.78 Å². The molecular weight excluding hydrogens is 366 g/mol. The average molecular weight is 386 g/mol. The number of carbonyl (C=O) groups excluding carboxylic acids is 1. The first kappa shape index (κ1) is 18.7. The molecule has 0 fully saturated rings. The van der Waals surface area contributed by atoms with E-state index in [2.05, 4.69) is 41.4 Å². The summed E-state index contributed by atoms with van der Waals surface area (Å²) in [6, 6.07) is 15.9. The molecule has 0 aliphatic carbocycles. The Morgan fingerprint density at radius 3 is 2.42 bits per heavy atom. The highest BCUT2D eigenvalue weighted by Crippen LogP contribution is 2.29. The number of aromatic nitrogens is 3. The lowest BCUT2D eigenvalue weighted by Gasteiger charge is -2.10. The minimum Gasteiger partial charge on any atom is -0.300 e. The van der Waals surface area contributed by atoms with Crippen LogP contribution in [0.3, 0.4) is 0 Å². The summed E-state index contributed by atoms with van der Waals surface area (Å²) >= 11 is 7.65. The third-order valence-electron chi connectivity index (χ3n) is 3.93. The molecule has 0 unspecified atom stereocenters. The number of thioether (sulfide) groups is 1. The van der Waals surface area contributed by atoms with Gasteiger partial charge in [0.05, 0.1) is 0 Å². The highest BCUT2D eigenvalue weighted by atomic mass is 35.5. The van der Waals surface area contributed by atoms with Gasteiger partial charge in [-0.3, -0.25) is 4.57 Å². The maximum atomic E-state index is 11.1. The maximum Gasteiger partial charge on any atom is 0.196 e. The van der Waals surface area contributed by atoms with E-state index in [1.165, 1.54) is 5.56 Å². The lowest BCUT2D eigenvalue weighted by Crippen LogP contribution is -2.00. The Kier molecular flexibility index (Phi) is 6.12. The Labute approximate surface area is 162 Å². The number of carbonyl (C=O) groups is 1. The maximum absolute atomic E-state index is 11.1. The van der Waals surface area contributed by atoms with E-state index >= 15 is 0 Å². The zero-order chi connectivity index (χ0) is 18.5. The summed E-state index contributed by atoms with van der Waals surface area (Å²) in [4.78, 5) is 11.1. The first-order chi connectivity index (χ1) is 12.5. The van der Waals surface area contributed by atoms with Gasteiger partial charge in [0.2, 0.25) is 0 Å². The van der Waals surface area contributed by atoms with Gasteiger partial charge >= 0.3 is 0 Å². The van der Waals surface area contributed by atoms with E-state index in [0.29, 0.717) is 11.4 Å². The standard InChI is InChI=1S/C20H20ClN3OS/c1-14-5-7-16(8-6-14)19-22-23-20(26-13-3-4-15(2)25)24(19)18-11-9-17(21)10-12-18/h5-12H,3-4,13H2,1-2H3. The van der Waals surface area contributed by atoms with Crippen LogP contribution in [0.15, 0.2) is 53.7 Å². The third kappa shape index (κ3) is 4.54. The second kappa shape index (κ2) is 8.52. The summed E-state index contributed by atoms with van der Waals surface area (Å²) in [6.07, 6.45) is 1.42. The van der Waals surface area contributed by atoms with Crippen LogP contribution in [0, 0.1) is 6.92 Å². The van der Waals surface area contributed by atoms with E-state index in [1.54, 1.807) is 18.7 Å². The van der Waals surface area contributed by atoms with Crippen LogP contribution in [0.25, 0.3) is 17.1 Å². The monoisotopic (exact) mass is 385 g/mol. The summed E-state index contributed by atoms with van der Waals surface area (Å²) < 4.78 is 2.04. The van der Waals surface area contributed by atoms with Gasteiger partial charge in [0.25, 0.3) is 0 Å². The van der Waals surface area contributed by atoms with Crippen LogP contribution in [0.1, 0.15) is 25.3 Å². The summed E-state index contributed by atoms with van der Waals surface area (Å²) in [5.41, 5.74) is 3.17. The van der Waals surface area contributed by atoms with E-state index in [4.69, 9.17) is 11.6 Å². The molecule has 0 aliphatic rings. The van der Waals surface area contributed by atoms with E-state index < -0.39 is 0 Å². The molecule has 1 aromatic heterocycles. The van der Waals surface area contributed by atoms with Gasteiger partial charge in [-0.1, -0.05) is 53.2 Å². The van der Waals surface area contributed by atoms with Crippen LogP contribution in [-0.4, -0.2) is 26.3 Å². The van der Waals surface area contributed by atoms with Gasteiger partial charge < -0.3 is 4.79 Å². The number of nitrogens with zero attached hydrogens (tertiary/aromatic N) is 3. The Balaban J connectivity index is 1.95. The molecule has 0 saturated heterocycles. The Bertz CT molecular complexity index is 888. The smallest absolute Gasteiger partial charge is 0.196 e. The SMILES string of the molecule is CC(=O)CCCSc1nnc(-c2ccc(C)cc2)n1-c1ccc(Cl)cc1. The molecule has 3 aromatic rings. The molecule has 26 heavy (non-hydrogen) atoms. The number of benzene rings is 2. The number of rotatable bonds is 7. The number of aryl methyl sites for hydroxylation is 1. The number of halogens is 1. The van der Waals surface area contributed by atoms with Crippen LogP contribution >= 0.6 is 23.4 Å². The molecule has 6 heteroatoms. The van der Waals surface area contributed by atoms with E-state index in [0.717, 1.165) is 34.4 Å². The third-order valence-corrected chi connectivity index (χ3v) is 5.20. The molecule has 2 aromatic carbocycles. The molecule has 0 aliphatic heterocycles. The molecule has 0 N–H and O–H groups in total. The van der Waals surface area contributed by atoms with Crippen molar-refractivity contribution in [2.45, 2.75) is 31.8 Å². The molecule has 0 saturated carbocycles. The predicted molar refractivity (Wildman–Crippen MR) is 107 cm³/mol. The second-order valence-electron chi connectivity index (χ2n) is 6.14.